The SMILES string of the molecule is Cc1ccc([N+](=O)[O-])cc1NC(=O)Nc1cccc(Cl)c1. The molecule has 0 aliphatic heterocycles. The summed E-state index contributed by atoms with van der Waals surface area (Å²) in [4.78, 5) is 22.1. The molecule has 0 aliphatic rings. The lowest BCUT2D eigenvalue weighted by Gasteiger charge is -2.10. The van der Waals surface area contributed by atoms with E-state index >= 15 is 0 Å². The van der Waals surface area contributed by atoms with E-state index in [-0.39, 0.29) is 5.69 Å². The quantitative estimate of drug-likeness (QED) is 0.658. The summed E-state index contributed by atoms with van der Waals surface area (Å²) in [5.41, 5.74) is 1.55. The van der Waals surface area contributed by atoms with Crippen molar-refractivity contribution in [1.82, 2.24) is 0 Å². The minimum absolute atomic E-state index is 0.0846. The fraction of sp³-hybridized carbons (Fsp3) is 0.0714. The number of aryl methyl sites for hydroxylation is 1. The Morgan fingerprint density at radius 2 is 1.95 bits per heavy atom. The number of amides is 2. The first kappa shape index (κ1) is 14.8. The highest BCUT2D eigenvalue weighted by molar-refractivity contribution is 6.30. The van der Waals surface area contributed by atoms with Gasteiger partial charge in [-0.05, 0) is 30.7 Å². The van der Waals surface area contributed by atoms with Crippen molar-refractivity contribution >= 4 is 34.7 Å². The maximum absolute atomic E-state index is 11.9. The van der Waals surface area contributed by atoms with E-state index in [0.29, 0.717) is 16.4 Å². The number of halogens is 1. The molecule has 2 aromatic carbocycles. The van der Waals surface area contributed by atoms with Crippen molar-refractivity contribution in [2.24, 2.45) is 0 Å². The molecular weight excluding hydrogens is 294 g/mol. The third-order valence-electron chi connectivity index (χ3n) is 2.76. The number of nitro benzene ring substituents is 1. The minimum atomic E-state index is -0.514. The Morgan fingerprint density at radius 1 is 1.19 bits per heavy atom. The van der Waals surface area contributed by atoms with Crippen LogP contribution >= 0.6 is 11.6 Å². The van der Waals surface area contributed by atoms with E-state index in [9.17, 15) is 14.9 Å². The summed E-state index contributed by atoms with van der Waals surface area (Å²) in [5, 5.41) is 16.4. The fourth-order valence-corrected chi connectivity index (χ4v) is 1.90. The average molecular weight is 306 g/mol. The standard InChI is InChI=1S/C14H12ClN3O3/c1-9-5-6-12(18(20)21)8-13(9)17-14(19)16-11-4-2-3-10(15)7-11/h2-8H,1H3,(H2,16,17,19). The number of benzene rings is 2. The lowest BCUT2D eigenvalue weighted by molar-refractivity contribution is -0.384. The van der Waals surface area contributed by atoms with Crippen molar-refractivity contribution in [2.45, 2.75) is 6.92 Å². The molecule has 2 N–H and O–H groups in total. The van der Waals surface area contributed by atoms with Crippen LogP contribution in [0.5, 0.6) is 0 Å². The number of nitro groups is 1. The second-order valence-corrected chi connectivity index (χ2v) is 4.78. The van der Waals surface area contributed by atoms with Crippen LogP contribution in [-0.2, 0) is 0 Å². The number of carbonyl (C=O) groups excluding carboxylic acids is 1. The van der Waals surface area contributed by atoms with E-state index in [2.05, 4.69) is 10.6 Å². The summed E-state index contributed by atoms with van der Waals surface area (Å²) in [6.45, 7) is 1.75. The van der Waals surface area contributed by atoms with Crippen molar-refractivity contribution in [2.75, 3.05) is 10.6 Å². The first-order chi connectivity index (χ1) is 9.95. The van der Waals surface area contributed by atoms with Crippen molar-refractivity contribution in [3.63, 3.8) is 0 Å². The molecule has 0 bridgehead atoms. The summed E-state index contributed by atoms with van der Waals surface area (Å²) in [6, 6.07) is 10.5. The fourth-order valence-electron chi connectivity index (χ4n) is 1.71. The largest absolute Gasteiger partial charge is 0.323 e. The molecule has 0 atom stereocenters. The Bertz CT molecular complexity index is 704. The highest BCUT2D eigenvalue weighted by Gasteiger charge is 2.11. The predicted molar refractivity (Wildman–Crippen MR) is 81.9 cm³/mol. The number of rotatable bonds is 3. The number of non-ortho nitro benzene ring substituents is 1. The van der Waals surface area contributed by atoms with Crippen molar-refractivity contribution in [3.05, 3.63) is 63.2 Å². The van der Waals surface area contributed by atoms with Gasteiger partial charge in [0.05, 0.1) is 10.6 Å². The Hall–Kier alpha value is -2.60. The van der Waals surface area contributed by atoms with Gasteiger partial charge in [-0.3, -0.25) is 10.1 Å². The first-order valence-corrected chi connectivity index (χ1v) is 6.42. The predicted octanol–water partition coefficient (Wildman–Crippen LogP) is 4.20. The van der Waals surface area contributed by atoms with Crippen LogP contribution in [0.15, 0.2) is 42.5 Å². The Morgan fingerprint density at radius 3 is 2.62 bits per heavy atom. The number of nitrogens with zero attached hydrogens (tertiary/aromatic N) is 1. The number of urea groups is 1. The van der Waals surface area contributed by atoms with Crippen LogP contribution in [-0.4, -0.2) is 11.0 Å². The van der Waals surface area contributed by atoms with E-state index in [1.54, 1.807) is 37.3 Å². The monoisotopic (exact) mass is 305 g/mol. The third-order valence-corrected chi connectivity index (χ3v) is 3.00. The summed E-state index contributed by atoms with van der Waals surface area (Å²) in [6.07, 6.45) is 0. The van der Waals surface area contributed by atoms with Crippen LogP contribution in [0.25, 0.3) is 0 Å². The van der Waals surface area contributed by atoms with Gasteiger partial charge >= 0.3 is 6.03 Å². The molecule has 0 spiro atoms. The molecule has 7 heteroatoms. The smallest absolute Gasteiger partial charge is 0.308 e. The zero-order valence-corrected chi connectivity index (χ0v) is 11.8. The van der Waals surface area contributed by atoms with Gasteiger partial charge in [0.1, 0.15) is 0 Å². The van der Waals surface area contributed by atoms with E-state index < -0.39 is 11.0 Å². The number of nitrogens with one attached hydrogen (secondary N) is 2. The van der Waals surface area contributed by atoms with Gasteiger partial charge in [0.15, 0.2) is 0 Å². The number of carbonyl (C=O) groups is 1. The molecule has 0 heterocycles. The van der Waals surface area contributed by atoms with Crippen LogP contribution in [0, 0.1) is 17.0 Å². The van der Waals surface area contributed by atoms with Gasteiger partial charge in [-0.15, -0.1) is 0 Å². The van der Waals surface area contributed by atoms with Gasteiger partial charge in [0.25, 0.3) is 5.69 Å². The molecule has 0 unspecified atom stereocenters. The van der Waals surface area contributed by atoms with Crippen LogP contribution in [0.2, 0.25) is 5.02 Å². The van der Waals surface area contributed by atoms with Gasteiger partial charge in [-0.25, -0.2) is 4.79 Å². The Labute approximate surface area is 125 Å². The molecule has 0 fully saturated rings. The van der Waals surface area contributed by atoms with Gasteiger partial charge in [0, 0.05) is 22.8 Å². The van der Waals surface area contributed by atoms with Crippen LogP contribution in [0.4, 0.5) is 21.9 Å². The molecule has 0 aromatic heterocycles. The topological polar surface area (TPSA) is 84.3 Å². The van der Waals surface area contributed by atoms with Crippen LogP contribution < -0.4 is 10.6 Å². The Kier molecular flexibility index (Phi) is 4.39. The maximum Gasteiger partial charge on any atom is 0.323 e. The lowest BCUT2D eigenvalue weighted by Crippen LogP contribution is -2.20. The summed E-state index contributed by atoms with van der Waals surface area (Å²) >= 11 is 5.82. The molecular formula is C14H12ClN3O3. The molecule has 21 heavy (non-hydrogen) atoms. The maximum atomic E-state index is 11.9. The average Bonchev–Trinajstić information content (AvgIpc) is 2.41. The van der Waals surface area contributed by atoms with Crippen LogP contribution in [0.3, 0.4) is 0 Å². The molecule has 0 saturated heterocycles. The number of anilines is 2. The van der Waals surface area contributed by atoms with Gasteiger partial charge < -0.3 is 10.6 Å². The highest BCUT2D eigenvalue weighted by atomic mass is 35.5. The van der Waals surface area contributed by atoms with Crippen molar-refractivity contribution in [1.29, 1.82) is 0 Å². The molecule has 2 rings (SSSR count). The zero-order valence-electron chi connectivity index (χ0n) is 11.1. The molecule has 0 saturated carbocycles. The molecule has 0 radical (unpaired) electrons. The van der Waals surface area contributed by atoms with E-state index in [1.165, 1.54) is 12.1 Å². The molecule has 2 aromatic rings. The third kappa shape index (κ3) is 3.93. The molecule has 108 valence electrons. The zero-order chi connectivity index (χ0) is 15.4. The first-order valence-electron chi connectivity index (χ1n) is 6.04. The normalized spacial score (nSPS) is 10.0. The number of hydrogen-bond acceptors (Lipinski definition) is 3. The van der Waals surface area contributed by atoms with Crippen molar-refractivity contribution in [3.8, 4) is 0 Å². The summed E-state index contributed by atoms with van der Waals surface area (Å²) < 4.78 is 0. The minimum Gasteiger partial charge on any atom is -0.308 e. The van der Waals surface area contributed by atoms with Crippen LogP contribution in [0.1, 0.15) is 5.56 Å². The lowest BCUT2D eigenvalue weighted by atomic mass is 10.2. The van der Waals surface area contributed by atoms with E-state index in [4.69, 9.17) is 11.6 Å². The van der Waals surface area contributed by atoms with E-state index in [0.717, 1.165) is 5.56 Å². The van der Waals surface area contributed by atoms with Crippen molar-refractivity contribution < 1.29 is 9.72 Å². The van der Waals surface area contributed by atoms with Gasteiger partial charge in [-0.2, -0.15) is 0 Å². The highest BCUT2D eigenvalue weighted by Crippen LogP contribution is 2.22. The van der Waals surface area contributed by atoms with Gasteiger partial charge in [0.2, 0.25) is 0 Å². The number of hydrogen-bond donors (Lipinski definition) is 2. The summed E-state index contributed by atoms with van der Waals surface area (Å²) in [5.74, 6) is 0. The molecule has 6 nitrogen and oxygen atoms in total. The van der Waals surface area contributed by atoms with Gasteiger partial charge in [-0.1, -0.05) is 23.7 Å². The second kappa shape index (κ2) is 6.23. The summed E-state index contributed by atoms with van der Waals surface area (Å²) in [7, 11) is 0. The second-order valence-electron chi connectivity index (χ2n) is 4.35. The Balaban J connectivity index is 2.12. The molecule has 2 amide bonds. The molecule has 0 aliphatic carbocycles. The van der Waals surface area contributed by atoms with E-state index in [1.807, 2.05) is 0 Å².